The molecule has 0 aliphatic rings. The molecule has 0 saturated carbocycles. The Kier molecular flexibility index (Phi) is 8.05. The lowest BCUT2D eigenvalue weighted by atomic mass is 10.1. The average Bonchev–Trinajstić information content (AvgIpc) is 2.37. The second-order valence-corrected chi connectivity index (χ2v) is 3.55. The lowest BCUT2D eigenvalue weighted by Gasteiger charge is -2.15. The zero-order valence-electron chi connectivity index (χ0n) is 11.3. The quantitative estimate of drug-likeness (QED) is 0.438. The Morgan fingerprint density at radius 2 is 1.68 bits per heavy atom. The van der Waals surface area contributed by atoms with Crippen molar-refractivity contribution in [3.05, 3.63) is 17.7 Å². The van der Waals surface area contributed by atoms with Gasteiger partial charge in [-0.1, -0.05) is 6.07 Å². The van der Waals surface area contributed by atoms with Crippen LogP contribution in [0.25, 0.3) is 0 Å². The number of methoxy groups -OCH3 is 3. The van der Waals surface area contributed by atoms with E-state index in [1.54, 1.807) is 21.3 Å². The first-order chi connectivity index (χ1) is 8.63. The lowest BCUT2D eigenvalue weighted by Crippen LogP contribution is -2.23. The van der Waals surface area contributed by atoms with Gasteiger partial charge in [0.1, 0.15) is 0 Å². The van der Waals surface area contributed by atoms with Crippen LogP contribution in [0.1, 0.15) is 5.56 Å². The van der Waals surface area contributed by atoms with Gasteiger partial charge in [0.15, 0.2) is 17.5 Å². The third-order valence-corrected chi connectivity index (χ3v) is 2.46. The molecule has 0 amide bonds. The second-order valence-electron chi connectivity index (χ2n) is 3.55. The molecule has 0 aromatic heterocycles. The van der Waals surface area contributed by atoms with Crippen LogP contribution in [-0.2, 0) is 6.42 Å². The van der Waals surface area contributed by atoms with Crippen molar-refractivity contribution in [3.63, 3.8) is 0 Å². The third-order valence-electron chi connectivity index (χ3n) is 2.46. The second kappa shape index (κ2) is 8.68. The summed E-state index contributed by atoms with van der Waals surface area (Å²) in [7, 11) is 4.73. The number of benzene rings is 1. The number of hydrogen-bond acceptors (Lipinski definition) is 4. The van der Waals surface area contributed by atoms with Crippen LogP contribution < -0.4 is 25.7 Å². The number of nitrogens with two attached hydrogens (primary N) is 2. The fourth-order valence-electron chi connectivity index (χ4n) is 1.67. The minimum absolute atomic E-state index is 0. The van der Waals surface area contributed by atoms with Crippen LogP contribution in [0, 0.1) is 0 Å². The molecule has 0 bridgehead atoms. The molecule has 7 heteroatoms. The molecule has 19 heavy (non-hydrogen) atoms. The summed E-state index contributed by atoms with van der Waals surface area (Å²) in [4.78, 5) is 3.94. The van der Waals surface area contributed by atoms with Crippen molar-refractivity contribution < 1.29 is 14.2 Å². The van der Waals surface area contributed by atoms with Gasteiger partial charge in [0.05, 0.1) is 21.3 Å². The Balaban J connectivity index is 0.00000324. The number of ether oxygens (including phenoxy) is 3. The third kappa shape index (κ3) is 4.66. The van der Waals surface area contributed by atoms with E-state index in [-0.39, 0.29) is 29.9 Å². The molecule has 0 aliphatic heterocycles. The highest BCUT2D eigenvalue weighted by atomic mass is 127. The molecular formula is C12H20IN3O3. The first kappa shape index (κ1) is 17.6. The van der Waals surface area contributed by atoms with Crippen molar-refractivity contribution >= 4 is 29.9 Å². The monoisotopic (exact) mass is 381 g/mol. The molecular weight excluding hydrogens is 361 g/mol. The summed E-state index contributed by atoms with van der Waals surface area (Å²) in [6, 6.07) is 3.73. The average molecular weight is 381 g/mol. The van der Waals surface area contributed by atoms with Crippen molar-refractivity contribution in [3.8, 4) is 17.2 Å². The van der Waals surface area contributed by atoms with Gasteiger partial charge < -0.3 is 25.7 Å². The molecule has 0 radical (unpaired) electrons. The highest BCUT2D eigenvalue weighted by molar-refractivity contribution is 14.0. The van der Waals surface area contributed by atoms with Gasteiger partial charge in [-0.2, -0.15) is 0 Å². The summed E-state index contributed by atoms with van der Waals surface area (Å²) in [5.41, 5.74) is 11.5. The van der Waals surface area contributed by atoms with Gasteiger partial charge in [-0.05, 0) is 12.5 Å². The summed E-state index contributed by atoms with van der Waals surface area (Å²) in [6.45, 7) is 0.494. The van der Waals surface area contributed by atoms with Crippen molar-refractivity contribution in [2.45, 2.75) is 6.42 Å². The smallest absolute Gasteiger partial charge is 0.203 e. The van der Waals surface area contributed by atoms with Crippen LogP contribution >= 0.6 is 24.0 Å². The lowest BCUT2D eigenvalue weighted by molar-refractivity contribution is 0.322. The summed E-state index contributed by atoms with van der Waals surface area (Å²) in [6.07, 6.45) is 0.654. The molecule has 0 atom stereocenters. The standard InChI is InChI=1S/C12H19N3O3.HI/c1-16-9-5-4-8(6-7-15-12(13)14)10(17-2)11(9)18-3;/h4-5H,6-7H2,1-3H3,(H4,13,14,15);1H. The van der Waals surface area contributed by atoms with E-state index in [0.29, 0.717) is 30.2 Å². The number of guanidine groups is 1. The number of halogens is 1. The highest BCUT2D eigenvalue weighted by Gasteiger charge is 2.15. The number of rotatable bonds is 6. The largest absolute Gasteiger partial charge is 0.493 e. The molecule has 0 saturated heterocycles. The highest BCUT2D eigenvalue weighted by Crippen LogP contribution is 2.39. The zero-order valence-corrected chi connectivity index (χ0v) is 13.6. The fraction of sp³-hybridized carbons (Fsp3) is 0.417. The molecule has 1 aromatic rings. The summed E-state index contributed by atoms with van der Waals surface area (Å²) >= 11 is 0. The van der Waals surface area contributed by atoms with E-state index in [9.17, 15) is 0 Å². The van der Waals surface area contributed by atoms with E-state index in [1.807, 2.05) is 12.1 Å². The fourth-order valence-corrected chi connectivity index (χ4v) is 1.67. The Bertz CT molecular complexity index is 434. The Hall–Kier alpha value is -1.38. The first-order valence-electron chi connectivity index (χ1n) is 5.47. The van der Waals surface area contributed by atoms with E-state index in [1.165, 1.54) is 0 Å². The predicted octanol–water partition coefficient (Wildman–Crippen LogP) is 1.15. The minimum atomic E-state index is 0. The topological polar surface area (TPSA) is 92.1 Å². The van der Waals surface area contributed by atoms with Gasteiger partial charge >= 0.3 is 0 Å². The van der Waals surface area contributed by atoms with Crippen molar-refractivity contribution in [2.24, 2.45) is 16.5 Å². The Morgan fingerprint density at radius 3 is 2.16 bits per heavy atom. The maximum atomic E-state index is 5.35. The van der Waals surface area contributed by atoms with Gasteiger partial charge in [-0.25, -0.2) is 0 Å². The molecule has 0 aliphatic carbocycles. The van der Waals surface area contributed by atoms with Gasteiger partial charge in [-0.3, -0.25) is 4.99 Å². The number of aliphatic imine (C=N–C) groups is 1. The van der Waals surface area contributed by atoms with Crippen molar-refractivity contribution in [1.82, 2.24) is 0 Å². The van der Waals surface area contributed by atoms with Gasteiger partial charge in [0.25, 0.3) is 0 Å². The number of hydrogen-bond donors (Lipinski definition) is 2. The Morgan fingerprint density at radius 1 is 1.05 bits per heavy atom. The van der Waals surface area contributed by atoms with Gasteiger partial charge in [0.2, 0.25) is 5.75 Å². The van der Waals surface area contributed by atoms with Crippen LogP contribution in [-0.4, -0.2) is 33.8 Å². The minimum Gasteiger partial charge on any atom is -0.493 e. The molecule has 0 heterocycles. The normalized spacial score (nSPS) is 9.21. The molecule has 108 valence electrons. The summed E-state index contributed by atoms with van der Waals surface area (Å²) in [5, 5.41) is 0. The van der Waals surface area contributed by atoms with Gasteiger partial charge in [-0.15, -0.1) is 24.0 Å². The van der Waals surface area contributed by atoms with E-state index < -0.39 is 0 Å². The molecule has 4 N–H and O–H groups in total. The van der Waals surface area contributed by atoms with Gasteiger partial charge in [0, 0.05) is 12.1 Å². The van der Waals surface area contributed by atoms with Crippen LogP contribution in [0.4, 0.5) is 0 Å². The van der Waals surface area contributed by atoms with Crippen LogP contribution in [0.15, 0.2) is 17.1 Å². The van der Waals surface area contributed by atoms with E-state index >= 15 is 0 Å². The molecule has 6 nitrogen and oxygen atoms in total. The number of nitrogens with zero attached hydrogens (tertiary/aromatic N) is 1. The summed E-state index contributed by atoms with van der Waals surface area (Å²) in [5.74, 6) is 1.92. The van der Waals surface area contributed by atoms with Crippen LogP contribution in [0.5, 0.6) is 17.2 Å². The first-order valence-corrected chi connectivity index (χ1v) is 5.47. The van der Waals surface area contributed by atoms with E-state index in [0.717, 1.165) is 5.56 Å². The van der Waals surface area contributed by atoms with Crippen LogP contribution in [0.3, 0.4) is 0 Å². The summed E-state index contributed by atoms with van der Waals surface area (Å²) < 4.78 is 15.8. The molecule has 1 rings (SSSR count). The Labute approximate surface area is 130 Å². The molecule has 1 aromatic carbocycles. The predicted molar refractivity (Wildman–Crippen MR) is 85.9 cm³/mol. The maximum Gasteiger partial charge on any atom is 0.203 e. The van der Waals surface area contributed by atoms with E-state index in [4.69, 9.17) is 25.7 Å². The zero-order chi connectivity index (χ0) is 13.5. The van der Waals surface area contributed by atoms with Crippen molar-refractivity contribution in [1.29, 1.82) is 0 Å². The molecule has 0 spiro atoms. The molecule has 0 unspecified atom stereocenters. The SMILES string of the molecule is COc1ccc(CCN=C(N)N)c(OC)c1OC.I. The maximum absolute atomic E-state index is 5.35. The van der Waals surface area contributed by atoms with Crippen LogP contribution in [0.2, 0.25) is 0 Å². The van der Waals surface area contributed by atoms with E-state index in [2.05, 4.69) is 4.99 Å². The van der Waals surface area contributed by atoms with Crippen molar-refractivity contribution in [2.75, 3.05) is 27.9 Å². The molecule has 0 fully saturated rings.